The van der Waals surface area contributed by atoms with Gasteiger partial charge in [0.25, 0.3) is 0 Å². The van der Waals surface area contributed by atoms with E-state index in [0.717, 1.165) is 29.8 Å². The molecule has 0 radical (unpaired) electrons. The number of carbonyl (C=O) groups excluding carboxylic acids is 1. The van der Waals surface area contributed by atoms with E-state index in [2.05, 4.69) is 37.1 Å². The minimum Gasteiger partial charge on any atom is -0.449 e. The second-order valence-electron chi connectivity index (χ2n) is 9.84. The van der Waals surface area contributed by atoms with Crippen molar-refractivity contribution in [2.45, 2.75) is 51.1 Å². The molecule has 1 saturated heterocycles. The average molecular weight is 526 g/mol. The zero-order valence-corrected chi connectivity index (χ0v) is 20.8. The second kappa shape index (κ2) is 9.64. The van der Waals surface area contributed by atoms with E-state index in [-0.39, 0.29) is 6.04 Å². The molecule has 2 aliphatic rings. The number of ether oxygens (including phenoxy) is 1. The lowest BCUT2D eigenvalue weighted by Crippen LogP contribution is -2.43. The minimum absolute atomic E-state index is 0.00730. The van der Waals surface area contributed by atoms with Crippen LogP contribution in [0, 0.1) is 11.8 Å². The van der Waals surface area contributed by atoms with Crippen LogP contribution in [-0.2, 0) is 16.9 Å². The summed E-state index contributed by atoms with van der Waals surface area (Å²) in [7, 11) is 0. The Kier molecular flexibility index (Phi) is 6.48. The number of nitrogens with one attached hydrogen (secondary N) is 1. The summed E-state index contributed by atoms with van der Waals surface area (Å²) in [5.74, 6) is 6.53. The van der Waals surface area contributed by atoms with Gasteiger partial charge in [-0.1, -0.05) is 11.8 Å². The monoisotopic (exact) mass is 525 g/mol. The molecule has 38 heavy (non-hydrogen) atoms. The average Bonchev–Trinajstić information content (AvgIpc) is 3.37. The van der Waals surface area contributed by atoms with Crippen LogP contribution in [0.3, 0.4) is 0 Å². The van der Waals surface area contributed by atoms with Gasteiger partial charge in [0.1, 0.15) is 29.5 Å². The standard InChI is InChI=1S/C26H26F3N7O2/c1-25(2)23-19(24(37)38-25)7-8-21(34-23)33-22-10-20(35-9-3-4-18(30)14-35)17(12-31-22)6-5-16-11-32-36(13-16)15-26(27,28)29/h7-8,10-13,18H,3-4,9,14-15,30H2,1-2H3,(H,31,33,34)/t18-/m0/s1. The lowest BCUT2D eigenvalue weighted by Gasteiger charge is -2.33. The summed E-state index contributed by atoms with van der Waals surface area (Å²) < 4.78 is 44.2. The summed E-state index contributed by atoms with van der Waals surface area (Å²) in [5.41, 5.74) is 8.13. The molecule has 3 aromatic heterocycles. The van der Waals surface area contributed by atoms with Crippen molar-refractivity contribution in [1.82, 2.24) is 19.7 Å². The van der Waals surface area contributed by atoms with Crippen molar-refractivity contribution >= 4 is 23.3 Å². The Morgan fingerprint density at radius 2 is 2.05 bits per heavy atom. The summed E-state index contributed by atoms with van der Waals surface area (Å²) in [4.78, 5) is 23.3. The van der Waals surface area contributed by atoms with E-state index >= 15 is 0 Å². The van der Waals surface area contributed by atoms with Crippen molar-refractivity contribution < 1.29 is 22.7 Å². The third kappa shape index (κ3) is 5.57. The summed E-state index contributed by atoms with van der Waals surface area (Å²) in [6, 6.07) is 5.21. The van der Waals surface area contributed by atoms with Gasteiger partial charge in [0, 0.05) is 37.6 Å². The molecule has 12 heteroatoms. The van der Waals surface area contributed by atoms with Gasteiger partial charge in [-0.05, 0) is 38.8 Å². The molecule has 0 bridgehead atoms. The topological polar surface area (TPSA) is 111 Å². The van der Waals surface area contributed by atoms with Gasteiger partial charge in [-0.25, -0.2) is 14.8 Å². The maximum Gasteiger partial charge on any atom is 0.408 e. The molecule has 5 heterocycles. The fourth-order valence-electron chi connectivity index (χ4n) is 4.56. The van der Waals surface area contributed by atoms with Crippen LogP contribution < -0.4 is 16.0 Å². The number of aromatic nitrogens is 4. The van der Waals surface area contributed by atoms with Crippen LogP contribution in [0.15, 0.2) is 36.8 Å². The van der Waals surface area contributed by atoms with Crippen molar-refractivity contribution in [1.29, 1.82) is 0 Å². The number of esters is 1. The van der Waals surface area contributed by atoms with E-state index in [9.17, 15) is 18.0 Å². The molecule has 0 amide bonds. The van der Waals surface area contributed by atoms with Gasteiger partial charge in [0.2, 0.25) is 0 Å². The Bertz CT molecular complexity index is 1440. The fourth-order valence-corrected chi connectivity index (χ4v) is 4.56. The highest BCUT2D eigenvalue weighted by Gasteiger charge is 2.39. The number of hydrogen-bond acceptors (Lipinski definition) is 8. The number of nitrogens with zero attached hydrogens (tertiary/aromatic N) is 5. The van der Waals surface area contributed by atoms with Crippen LogP contribution in [0.2, 0.25) is 0 Å². The zero-order chi connectivity index (χ0) is 27.1. The van der Waals surface area contributed by atoms with Gasteiger partial charge in [0.15, 0.2) is 0 Å². The van der Waals surface area contributed by atoms with Crippen LogP contribution >= 0.6 is 0 Å². The summed E-state index contributed by atoms with van der Waals surface area (Å²) in [6.45, 7) is 3.79. The van der Waals surface area contributed by atoms with Crippen molar-refractivity contribution in [2.24, 2.45) is 5.73 Å². The van der Waals surface area contributed by atoms with Crippen LogP contribution in [0.4, 0.5) is 30.5 Å². The van der Waals surface area contributed by atoms with Gasteiger partial charge in [-0.3, -0.25) is 4.68 Å². The maximum absolute atomic E-state index is 12.7. The SMILES string of the molecule is CC1(C)OC(=O)c2ccc(Nc3cc(N4CCC[C@H](N)C4)c(C#Cc4cnn(CC(F)(F)F)c4)cn3)nc21. The molecule has 3 N–H and O–H groups in total. The molecule has 0 spiro atoms. The third-order valence-corrected chi connectivity index (χ3v) is 6.29. The number of piperidine rings is 1. The van der Waals surface area contributed by atoms with Crippen LogP contribution in [0.5, 0.6) is 0 Å². The quantitative estimate of drug-likeness (QED) is 0.392. The molecule has 5 rings (SSSR count). The van der Waals surface area contributed by atoms with Gasteiger partial charge >= 0.3 is 12.1 Å². The van der Waals surface area contributed by atoms with Gasteiger partial charge in [-0.2, -0.15) is 18.3 Å². The lowest BCUT2D eigenvalue weighted by molar-refractivity contribution is -0.142. The molecular weight excluding hydrogens is 499 g/mol. The number of hydrogen-bond donors (Lipinski definition) is 2. The van der Waals surface area contributed by atoms with Gasteiger partial charge in [-0.15, -0.1) is 0 Å². The van der Waals surface area contributed by atoms with Crippen molar-refractivity contribution in [2.75, 3.05) is 23.3 Å². The van der Waals surface area contributed by atoms with E-state index in [1.807, 2.05) is 6.07 Å². The first-order valence-corrected chi connectivity index (χ1v) is 12.1. The number of nitrogens with two attached hydrogens (primary N) is 1. The third-order valence-electron chi connectivity index (χ3n) is 6.29. The Labute approximate surface area is 217 Å². The number of rotatable bonds is 4. The molecule has 0 saturated carbocycles. The van der Waals surface area contributed by atoms with E-state index in [0.29, 0.717) is 40.6 Å². The molecular formula is C26H26F3N7O2. The molecule has 1 fully saturated rings. The lowest BCUT2D eigenvalue weighted by atomic mass is 10.0. The Balaban J connectivity index is 1.44. The number of alkyl halides is 3. The maximum atomic E-state index is 12.7. The second-order valence-corrected chi connectivity index (χ2v) is 9.84. The van der Waals surface area contributed by atoms with E-state index < -0.39 is 24.3 Å². The first-order valence-electron chi connectivity index (χ1n) is 12.1. The number of pyridine rings is 2. The Morgan fingerprint density at radius 1 is 1.24 bits per heavy atom. The zero-order valence-electron chi connectivity index (χ0n) is 20.8. The smallest absolute Gasteiger partial charge is 0.408 e. The van der Waals surface area contributed by atoms with Crippen LogP contribution in [0.25, 0.3) is 0 Å². The number of cyclic esters (lactones) is 1. The summed E-state index contributed by atoms with van der Waals surface area (Å²) in [6.07, 6.45) is 1.63. The molecule has 9 nitrogen and oxygen atoms in total. The van der Waals surface area contributed by atoms with Crippen LogP contribution in [-0.4, -0.2) is 51.0 Å². The fraction of sp³-hybridized carbons (Fsp3) is 0.385. The molecule has 0 unspecified atom stereocenters. The number of carbonyl (C=O) groups is 1. The van der Waals surface area contributed by atoms with Crippen molar-refractivity contribution in [3.63, 3.8) is 0 Å². The predicted molar refractivity (Wildman–Crippen MR) is 134 cm³/mol. The highest BCUT2D eigenvalue weighted by atomic mass is 19.4. The van der Waals surface area contributed by atoms with Gasteiger partial charge < -0.3 is 20.7 Å². The van der Waals surface area contributed by atoms with Crippen molar-refractivity contribution in [3.8, 4) is 11.8 Å². The predicted octanol–water partition coefficient (Wildman–Crippen LogP) is 3.71. The summed E-state index contributed by atoms with van der Waals surface area (Å²) in [5, 5.41) is 6.93. The first-order chi connectivity index (χ1) is 18.0. The number of halogens is 3. The van der Waals surface area contributed by atoms with Gasteiger partial charge in [0.05, 0.1) is 28.6 Å². The number of fused-ring (bicyclic) bond motifs is 1. The molecule has 3 aromatic rings. The van der Waals surface area contributed by atoms with E-state index in [4.69, 9.17) is 10.5 Å². The van der Waals surface area contributed by atoms with Crippen LogP contribution in [0.1, 0.15) is 53.9 Å². The number of anilines is 3. The molecule has 0 aromatic carbocycles. The molecule has 2 aliphatic heterocycles. The Morgan fingerprint density at radius 3 is 2.82 bits per heavy atom. The molecule has 0 aliphatic carbocycles. The van der Waals surface area contributed by atoms with E-state index in [1.165, 1.54) is 12.4 Å². The van der Waals surface area contributed by atoms with Crippen molar-refractivity contribution in [3.05, 3.63) is 59.2 Å². The highest BCUT2D eigenvalue weighted by Crippen LogP contribution is 2.35. The summed E-state index contributed by atoms with van der Waals surface area (Å²) >= 11 is 0. The normalized spacial score (nSPS) is 18.4. The largest absolute Gasteiger partial charge is 0.449 e. The minimum atomic E-state index is -4.37. The first kappa shape index (κ1) is 25.5. The van der Waals surface area contributed by atoms with E-state index in [1.54, 1.807) is 32.2 Å². The Hall–Kier alpha value is -4.11. The highest BCUT2D eigenvalue weighted by molar-refractivity contribution is 5.94. The molecule has 1 atom stereocenters. The molecule has 198 valence electrons.